The van der Waals surface area contributed by atoms with Crippen LogP contribution in [0.4, 0.5) is 4.39 Å². The lowest BCUT2D eigenvalue weighted by molar-refractivity contribution is -0.137. The van der Waals surface area contributed by atoms with Crippen LogP contribution >= 0.6 is 0 Å². The van der Waals surface area contributed by atoms with Gasteiger partial charge in [-0.2, -0.15) is 0 Å². The molecule has 1 aliphatic rings. The summed E-state index contributed by atoms with van der Waals surface area (Å²) in [6, 6.07) is 7.17. The SMILES string of the molecule is Cn1cc(CCC(=O)N2C[C@H](F)C[C@H]2C(N)=O)c2ccccc21. The van der Waals surface area contributed by atoms with Gasteiger partial charge in [0, 0.05) is 37.0 Å². The van der Waals surface area contributed by atoms with E-state index in [2.05, 4.69) is 0 Å². The first-order chi connectivity index (χ1) is 11.0. The fraction of sp³-hybridized carbons (Fsp3) is 0.412. The van der Waals surface area contributed by atoms with Crippen LogP contribution in [-0.2, 0) is 23.1 Å². The van der Waals surface area contributed by atoms with E-state index in [1.807, 2.05) is 42.1 Å². The summed E-state index contributed by atoms with van der Waals surface area (Å²) in [6.45, 7) is -0.0397. The molecular weight excluding hydrogens is 297 g/mol. The standard InChI is InChI=1S/C17H20FN3O2/c1-20-9-11(13-4-2-3-5-14(13)20)6-7-16(22)21-10-12(18)8-15(21)17(19)23/h2-5,9,12,15H,6-8,10H2,1H3,(H2,19,23)/t12-,15+/m1/s1. The molecule has 2 aromatic rings. The first-order valence-electron chi connectivity index (χ1n) is 7.73. The maximum Gasteiger partial charge on any atom is 0.240 e. The number of fused-ring (bicyclic) bond motifs is 1. The van der Waals surface area contributed by atoms with Crippen LogP contribution in [0.1, 0.15) is 18.4 Å². The monoisotopic (exact) mass is 317 g/mol. The molecule has 0 aliphatic carbocycles. The molecule has 1 aliphatic heterocycles. The second kappa shape index (κ2) is 6.02. The molecule has 1 aromatic heterocycles. The smallest absolute Gasteiger partial charge is 0.240 e. The number of aryl methyl sites for hydroxylation is 2. The molecule has 0 spiro atoms. The molecule has 2 amide bonds. The van der Waals surface area contributed by atoms with Crippen LogP contribution in [-0.4, -0.2) is 40.0 Å². The van der Waals surface area contributed by atoms with Gasteiger partial charge < -0.3 is 15.2 Å². The van der Waals surface area contributed by atoms with Gasteiger partial charge in [-0.3, -0.25) is 9.59 Å². The van der Waals surface area contributed by atoms with E-state index in [1.165, 1.54) is 4.90 Å². The highest BCUT2D eigenvalue weighted by atomic mass is 19.1. The third-order valence-corrected chi connectivity index (χ3v) is 4.49. The first kappa shape index (κ1) is 15.5. The second-order valence-corrected chi connectivity index (χ2v) is 6.08. The number of likely N-dealkylation sites (tertiary alicyclic amines) is 1. The van der Waals surface area contributed by atoms with Crippen LogP contribution in [0.3, 0.4) is 0 Å². The third kappa shape index (κ3) is 2.93. The van der Waals surface area contributed by atoms with Gasteiger partial charge in [0.05, 0.1) is 6.54 Å². The summed E-state index contributed by atoms with van der Waals surface area (Å²) in [5.74, 6) is -0.856. The second-order valence-electron chi connectivity index (χ2n) is 6.08. The molecule has 3 rings (SSSR count). The number of alkyl halides is 1. The van der Waals surface area contributed by atoms with E-state index in [0.717, 1.165) is 16.5 Å². The summed E-state index contributed by atoms with van der Waals surface area (Å²) in [6.07, 6.45) is 1.64. The highest BCUT2D eigenvalue weighted by Crippen LogP contribution is 2.24. The molecule has 2 heterocycles. The van der Waals surface area contributed by atoms with Gasteiger partial charge in [0.1, 0.15) is 12.2 Å². The number of para-hydroxylation sites is 1. The number of carbonyl (C=O) groups is 2. The topological polar surface area (TPSA) is 68.3 Å². The lowest BCUT2D eigenvalue weighted by Crippen LogP contribution is -2.43. The minimum absolute atomic E-state index is 0.00927. The summed E-state index contributed by atoms with van der Waals surface area (Å²) in [4.78, 5) is 25.0. The summed E-state index contributed by atoms with van der Waals surface area (Å²) < 4.78 is 15.5. The number of rotatable bonds is 4. The minimum atomic E-state index is -1.17. The van der Waals surface area contributed by atoms with Crippen LogP contribution in [0.15, 0.2) is 30.5 Å². The minimum Gasteiger partial charge on any atom is -0.368 e. The lowest BCUT2D eigenvalue weighted by Gasteiger charge is -2.21. The molecule has 0 bridgehead atoms. The van der Waals surface area contributed by atoms with E-state index in [9.17, 15) is 14.0 Å². The Morgan fingerprint density at radius 3 is 2.83 bits per heavy atom. The third-order valence-electron chi connectivity index (χ3n) is 4.49. The van der Waals surface area contributed by atoms with Crippen LogP contribution in [0.2, 0.25) is 0 Å². The Labute approximate surface area is 133 Å². The Hall–Kier alpha value is -2.37. The predicted octanol–water partition coefficient (Wildman–Crippen LogP) is 1.54. The molecule has 0 unspecified atom stereocenters. The zero-order chi connectivity index (χ0) is 16.6. The molecule has 1 fully saturated rings. The lowest BCUT2D eigenvalue weighted by atomic mass is 10.1. The van der Waals surface area contributed by atoms with Gasteiger partial charge in [-0.1, -0.05) is 18.2 Å². The summed E-state index contributed by atoms with van der Waals surface area (Å²) in [5.41, 5.74) is 7.45. The number of hydrogen-bond acceptors (Lipinski definition) is 2. The van der Waals surface area contributed by atoms with Crippen molar-refractivity contribution in [1.29, 1.82) is 0 Å². The molecule has 2 N–H and O–H groups in total. The van der Waals surface area contributed by atoms with Crippen LogP contribution in [0.25, 0.3) is 10.9 Å². The number of nitrogens with zero attached hydrogens (tertiary/aromatic N) is 2. The van der Waals surface area contributed by atoms with Crippen molar-refractivity contribution in [1.82, 2.24) is 9.47 Å². The normalized spacial score (nSPS) is 21.0. The van der Waals surface area contributed by atoms with Crippen molar-refractivity contribution in [2.75, 3.05) is 6.54 Å². The zero-order valence-electron chi connectivity index (χ0n) is 13.0. The van der Waals surface area contributed by atoms with E-state index in [1.54, 1.807) is 0 Å². The highest BCUT2D eigenvalue weighted by Gasteiger charge is 2.38. The summed E-state index contributed by atoms with van der Waals surface area (Å²) >= 11 is 0. The molecular formula is C17H20FN3O2. The van der Waals surface area contributed by atoms with Gasteiger partial charge >= 0.3 is 0 Å². The average Bonchev–Trinajstić information content (AvgIpc) is 3.07. The number of hydrogen-bond donors (Lipinski definition) is 1. The van der Waals surface area contributed by atoms with Crippen molar-refractivity contribution in [3.63, 3.8) is 0 Å². The van der Waals surface area contributed by atoms with Crippen molar-refractivity contribution in [3.05, 3.63) is 36.0 Å². The fourth-order valence-corrected chi connectivity index (χ4v) is 3.34. The number of halogens is 1. The van der Waals surface area contributed by atoms with Gasteiger partial charge in [-0.05, 0) is 18.1 Å². The fourth-order valence-electron chi connectivity index (χ4n) is 3.34. The van der Waals surface area contributed by atoms with Crippen molar-refractivity contribution < 1.29 is 14.0 Å². The maximum absolute atomic E-state index is 13.5. The Balaban J connectivity index is 1.72. The van der Waals surface area contributed by atoms with E-state index in [0.29, 0.717) is 6.42 Å². The maximum atomic E-state index is 13.5. The predicted molar refractivity (Wildman–Crippen MR) is 85.4 cm³/mol. The summed E-state index contributed by atoms with van der Waals surface area (Å²) in [5, 5.41) is 1.11. The van der Waals surface area contributed by atoms with Crippen molar-refractivity contribution >= 4 is 22.7 Å². The van der Waals surface area contributed by atoms with Gasteiger partial charge in [-0.15, -0.1) is 0 Å². The van der Waals surface area contributed by atoms with E-state index in [-0.39, 0.29) is 25.3 Å². The Morgan fingerprint density at radius 1 is 1.35 bits per heavy atom. The summed E-state index contributed by atoms with van der Waals surface area (Å²) in [7, 11) is 1.96. The number of aromatic nitrogens is 1. The quantitative estimate of drug-likeness (QED) is 0.929. The molecule has 0 radical (unpaired) electrons. The Kier molecular flexibility index (Phi) is 4.07. The highest BCUT2D eigenvalue weighted by molar-refractivity contribution is 5.88. The molecule has 122 valence electrons. The van der Waals surface area contributed by atoms with Gasteiger partial charge in [0.15, 0.2) is 0 Å². The zero-order valence-corrected chi connectivity index (χ0v) is 13.0. The van der Waals surface area contributed by atoms with Gasteiger partial charge in [0.25, 0.3) is 0 Å². The molecule has 2 atom stereocenters. The molecule has 1 aromatic carbocycles. The number of nitrogens with two attached hydrogens (primary N) is 1. The van der Waals surface area contributed by atoms with E-state index < -0.39 is 18.1 Å². The van der Waals surface area contributed by atoms with Crippen molar-refractivity contribution in [3.8, 4) is 0 Å². The van der Waals surface area contributed by atoms with Crippen LogP contribution in [0, 0.1) is 0 Å². The molecule has 1 saturated heterocycles. The van der Waals surface area contributed by atoms with E-state index in [4.69, 9.17) is 5.73 Å². The van der Waals surface area contributed by atoms with Crippen LogP contribution in [0.5, 0.6) is 0 Å². The van der Waals surface area contributed by atoms with E-state index >= 15 is 0 Å². The Morgan fingerprint density at radius 2 is 2.09 bits per heavy atom. The molecule has 6 heteroatoms. The largest absolute Gasteiger partial charge is 0.368 e. The van der Waals surface area contributed by atoms with Crippen molar-refractivity contribution in [2.24, 2.45) is 12.8 Å². The molecule has 0 saturated carbocycles. The number of primary amides is 1. The molecule has 5 nitrogen and oxygen atoms in total. The number of carbonyl (C=O) groups excluding carboxylic acids is 2. The first-order valence-corrected chi connectivity index (χ1v) is 7.73. The molecule has 23 heavy (non-hydrogen) atoms. The Bertz CT molecular complexity index is 755. The average molecular weight is 317 g/mol. The van der Waals surface area contributed by atoms with Crippen LogP contribution < -0.4 is 5.73 Å². The van der Waals surface area contributed by atoms with Gasteiger partial charge in [-0.25, -0.2) is 4.39 Å². The van der Waals surface area contributed by atoms with Gasteiger partial charge in [0.2, 0.25) is 11.8 Å². The number of benzene rings is 1. The number of amides is 2. The van der Waals surface area contributed by atoms with Crippen molar-refractivity contribution in [2.45, 2.75) is 31.5 Å².